The van der Waals surface area contributed by atoms with Gasteiger partial charge in [0.2, 0.25) is 0 Å². The molecule has 1 unspecified atom stereocenters. The Morgan fingerprint density at radius 3 is 2.65 bits per heavy atom. The molecule has 110 valence electrons. The number of ether oxygens (including phenoxy) is 1. The highest BCUT2D eigenvalue weighted by molar-refractivity contribution is 5.81. The topological polar surface area (TPSA) is 58.6 Å². The lowest BCUT2D eigenvalue weighted by Gasteiger charge is -2.20. The minimum Gasteiger partial charge on any atom is -0.481 e. The van der Waals surface area contributed by atoms with Gasteiger partial charge in [0, 0.05) is 13.2 Å². The van der Waals surface area contributed by atoms with E-state index in [1.165, 1.54) is 0 Å². The Kier molecular flexibility index (Phi) is 5.01. The van der Waals surface area contributed by atoms with Crippen LogP contribution < -0.4 is 10.1 Å². The molecule has 2 rings (SSSR count). The molecule has 0 saturated heterocycles. The van der Waals surface area contributed by atoms with Crippen LogP contribution in [0.3, 0.4) is 0 Å². The van der Waals surface area contributed by atoms with Gasteiger partial charge in [0.1, 0.15) is 5.75 Å². The van der Waals surface area contributed by atoms with Crippen molar-refractivity contribution in [1.82, 2.24) is 5.32 Å². The first-order valence-corrected chi connectivity index (χ1v) is 7.29. The molecule has 1 amide bonds. The van der Waals surface area contributed by atoms with Crippen LogP contribution in [0.25, 0.3) is 0 Å². The second kappa shape index (κ2) is 6.75. The minimum atomic E-state index is -0.456. The number of aliphatic hydroxyl groups is 1. The number of hydrogen-bond acceptors (Lipinski definition) is 3. The predicted octanol–water partition coefficient (Wildman–Crippen LogP) is 2.12. The molecule has 1 atom stereocenters. The van der Waals surface area contributed by atoms with Gasteiger partial charge in [0.15, 0.2) is 6.10 Å². The van der Waals surface area contributed by atoms with Crippen LogP contribution in [0, 0.1) is 5.41 Å². The lowest BCUT2D eigenvalue weighted by Crippen LogP contribution is -2.40. The number of nitrogens with one attached hydrogen (secondary N) is 1. The molecule has 0 spiro atoms. The van der Waals surface area contributed by atoms with Gasteiger partial charge < -0.3 is 15.2 Å². The zero-order valence-corrected chi connectivity index (χ0v) is 12.0. The standard InChI is InChI=1S/C16H23NO3/c1-2-14(20-13-6-4-3-5-7-13)15(19)17-12-16(8-9-16)10-11-18/h3-7,14,18H,2,8-12H2,1H3,(H,17,19). The molecule has 20 heavy (non-hydrogen) atoms. The van der Waals surface area contributed by atoms with Crippen molar-refractivity contribution in [2.75, 3.05) is 13.2 Å². The van der Waals surface area contributed by atoms with Crippen LogP contribution in [0.4, 0.5) is 0 Å². The van der Waals surface area contributed by atoms with Gasteiger partial charge in [-0.3, -0.25) is 4.79 Å². The van der Waals surface area contributed by atoms with E-state index in [-0.39, 0.29) is 17.9 Å². The van der Waals surface area contributed by atoms with E-state index in [0.717, 1.165) is 19.3 Å². The van der Waals surface area contributed by atoms with E-state index in [0.29, 0.717) is 18.7 Å². The highest BCUT2D eigenvalue weighted by Gasteiger charge is 2.42. The summed E-state index contributed by atoms with van der Waals surface area (Å²) < 4.78 is 5.71. The lowest BCUT2D eigenvalue weighted by molar-refractivity contribution is -0.128. The van der Waals surface area contributed by atoms with Crippen LogP contribution in [-0.2, 0) is 4.79 Å². The maximum atomic E-state index is 12.2. The molecular formula is C16H23NO3. The first kappa shape index (κ1) is 14.9. The Morgan fingerprint density at radius 1 is 1.40 bits per heavy atom. The van der Waals surface area contributed by atoms with E-state index in [4.69, 9.17) is 9.84 Å². The highest BCUT2D eigenvalue weighted by Crippen LogP contribution is 2.47. The number of carbonyl (C=O) groups excluding carboxylic acids is 1. The summed E-state index contributed by atoms with van der Waals surface area (Å²) in [5, 5.41) is 12.0. The number of hydrogen-bond donors (Lipinski definition) is 2. The maximum Gasteiger partial charge on any atom is 0.261 e. The molecule has 1 saturated carbocycles. The van der Waals surface area contributed by atoms with Crippen LogP contribution >= 0.6 is 0 Å². The summed E-state index contributed by atoms with van der Waals surface area (Å²) in [7, 11) is 0. The molecule has 0 aliphatic heterocycles. The number of rotatable bonds is 8. The van der Waals surface area contributed by atoms with Crippen molar-refractivity contribution in [2.45, 2.75) is 38.7 Å². The summed E-state index contributed by atoms with van der Waals surface area (Å²) in [6, 6.07) is 9.40. The lowest BCUT2D eigenvalue weighted by atomic mass is 10.0. The largest absolute Gasteiger partial charge is 0.481 e. The molecule has 0 aromatic heterocycles. The molecule has 1 aliphatic carbocycles. The molecule has 0 heterocycles. The number of amides is 1. The van der Waals surface area contributed by atoms with Gasteiger partial charge in [-0.25, -0.2) is 0 Å². The molecule has 1 aromatic rings. The Balaban J connectivity index is 1.83. The normalized spacial score (nSPS) is 17.3. The van der Waals surface area contributed by atoms with Crippen molar-refractivity contribution in [1.29, 1.82) is 0 Å². The summed E-state index contributed by atoms with van der Waals surface area (Å²) >= 11 is 0. The molecule has 1 fully saturated rings. The van der Waals surface area contributed by atoms with Crippen molar-refractivity contribution in [3.8, 4) is 5.75 Å². The summed E-state index contributed by atoms with van der Waals surface area (Å²) in [5.74, 6) is 0.645. The first-order valence-electron chi connectivity index (χ1n) is 7.29. The Morgan fingerprint density at radius 2 is 2.10 bits per heavy atom. The van der Waals surface area contributed by atoms with E-state index < -0.39 is 6.10 Å². The third kappa shape index (κ3) is 3.97. The number of carbonyl (C=O) groups is 1. The molecular weight excluding hydrogens is 254 g/mol. The molecule has 1 aliphatic rings. The van der Waals surface area contributed by atoms with Crippen LogP contribution in [-0.4, -0.2) is 30.3 Å². The van der Waals surface area contributed by atoms with Gasteiger partial charge in [-0.1, -0.05) is 25.1 Å². The van der Waals surface area contributed by atoms with Crippen molar-refractivity contribution < 1.29 is 14.6 Å². The third-order valence-corrected chi connectivity index (χ3v) is 3.92. The zero-order chi connectivity index (χ0) is 14.4. The molecule has 2 N–H and O–H groups in total. The summed E-state index contributed by atoms with van der Waals surface area (Å²) in [6.45, 7) is 2.77. The number of aliphatic hydroxyl groups excluding tert-OH is 1. The van der Waals surface area contributed by atoms with Gasteiger partial charge in [-0.05, 0) is 43.2 Å². The Hall–Kier alpha value is -1.55. The smallest absolute Gasteiger partial charge is 0.261 e. The predicted molar refractivity (Wildman–Crippen MR) is 77.5 cm³/mol. The highest BCUT2D eigenvalue weighted by atomic mass is 16.5. The fourth-order valence-corrected chi connectivity index (χ4v) is 2.30. The summed E-state index contributed by atoms with van der Waals surface area (Å²) in [4.78, 5) is 12.2. The third-order valence-electron chi connectivity index (χ3n) is 3.92. The quantitative estimate of drug-likeness (QED) is 0.765. The summed E-state index contributed by atoms with van der Waals surface area (Å²) in [5.41, 5.74) is 0.134. The average Bonchev–Trinajstić information content (AvgIpc) is 3.24. The SMILES string of the molecule is CCC(Oc1ccccc1)C(=O)NCC1(CCO)CC1. The second-order valence-electron chi connectivity index (χ2n) is 5.52. The average molecular weight is 277 g/mol. The van der Waals surface area contributed by atoms with Gasteiger partial charge >= 0.3 is 0 Å². The monoisotopic (exact) mass is 277 g/mol. The number of para-hydroxylation sites is 1. The molecule has 4 nitrogen and oxygen atoms in total. The van der Waals surface area contributed by atoms with E-state index in [2.05, 4.69) is 5.32 Å². The van der Waals surface area contributed by atoms with Crippen molar-refractivity contribution in [3.05, 3.63) is 30.3 Å². The van der Waals surface area contributed by atoms with Gasteiger partial charge in [-0.15, -0.1) is 0 Å². The Bertz CT molecular complexity index is 429. The molecule has 0 radical (unpaired) electrons. The zero-order valence-electron chi connectivity index (χ0n) is 12.0. The first-order chi connectivity index (χ1) is 9.69. The number of benzene rings is 1. The summed E-state index contributed by atoms with van der Waals surface area (Å²) in [6.07, 6.45) is 3.12. The van der Waals surface area contributed by atoms with Crippen molar-refractivity contribution in [2.24, 2.45) is 5.41 Å². The van der Waals surface area contributed by atoms with Crippen molar-refractivity contribution in [3.63, 3.8) is 0 Å². The molecule has 4 heteroatoms. The Labute approximate surface area is 120 Å². The van der Waals surface area contributed by atoms with E-state index in [1.807, 2.05) is 37.3 Å². The van der Waals surface area contributed by atoms with Crippen LogP contribution in [0.5, 0.6) is 5.75 Å². The fourth-order valence-electron chi connectivity index (χ4n) is 2.30. The minimum absolute atomic E-state index is 0.0689. The second-order valence-corrected chi connectivity index (χ2v) is 5.52. The van der Waals surface area contributed by atoms with Gasteiger partial charge in [0.05, 0.1) is 0 Å². The van der Waals surface area contributed by atoms with E-state index in [9.17, 15) is 4.79 Å². The van der Waals surface area contributed by atoms with E-state index in [1.54, 1.807) is 0 Å². The van der Waals surface area contributed by atoms with Gasteiger partial charge in [0.25, 0.3) is 5.91 Å². The van der Waals surface area contributed by atoms with Gasteiger partial charge in [-0.2, -0.15) is 0 Å². The molecule has 1 aromatic carbocycles. The van der Waals surface area contributed by atoms with E-state index >= 15 is 0 Å². The fraction of sp³-hybridized carbons (Fsp3) is 0.562. The molecule has 0 bridgehead atoms. The maximum absolute atomic E-state index is 12.2. The van der Waals surface area contributed by atoms with Crippen LogP contribution in [0.1, 0.15) is 32.6 Å². The van der Waals surface area contributed by atoms with Crippen molar-refractivity contribution >= 4 is 5.91 Å². The van der Waals surface area contributed by atoms with Crippen LogP contribution in [0.2, 0.25) is 0 Å². The van der Waals surface area contributed by atoms with Crippen LogP contribution in [0.15, 0.2) is 30.3 Å².